The minimum atomic E-state index is -3.47. The number of halogens is 1. The molecule has 1 aliphatic rings. The highest BCUT2D eigenvalue weighted by Crippen LogP contribution is 2.32. The maximum Gasteiger partial charge on any atom is 0.189 e. The zero-order valence-corrected chi connectivity index (χ0v) is 20.9. The fraction of sp³-hybridized carbons (Fsp3) is 0.269. The van der Waals surface area contributed by atoms with Gasteiger partial charge in [-0.3, -0.25) is 0 Å². The maximum absolute atomic E-state index is 14.8. The van der Waals surface area contributed by atoms with E-state index in [1.807, 2.05) is 6.92 Å². The first-order valence-corrected chi connectivity index (χ1v) is 13.4. The van der Waals surface area contributed by atoms with E-state index in [2.05, 4.69) is 15.1 Å². The first kappa shape index (κ1) is 25.0. The molecule has 2 atom stereocenters. The normalized spacial score (nSPS) is 16.7. The van der Waals surface area contributed by atoms with Crippen molar-refractivity contribution in [2.45, 2.75) is 36.0 Å². The van der Waals surface area contributed by atoms with Gasteiger partial charge in [-0.2, -0.15) is 0 Å². The van der Waals surface area contributed by atoms with Gasteiger partial charge in [0.05, 0.1) is 28.6 Å². The Morgan fingerprint density at radius 3 is 2.59 bits per heavy atom. The standard InChI is InChI=1S/C26H26FN5O4S/c1-2-21(28)16-5-8-19(20(27)11-16)22-12-24(36-32-22)25-26(29)30-13-23(31-25)15-3-6-17(7-4-15)37(33,34)18-9-10-35-14-18/h3-8,11-13,18,21H,2,9-10,14,28H2,1H3,(H2,29,30). The summed E-state index contributed by atoms with van der Waals surface area (Å²) in [6.07, 6.45) is 2.66. The quantitative estimate of drug-likeness (QED) is 0.364. The lowest BCUT2D eigenvalue weighted by atomic mass is 10.0. The van der Waals surface area contributed by atoms with Gasteiger partial charge in [0.15, 0.2) is 27.1 Å². The molecule has 0 aliphatic carbocycles. The van der Waals surface area contributed by atoms with E-state index in [1.54, 1.807) is 42.5 Å². The number of sulfone groups is 1. The number of anilines is 1. The van der Waals surface area contributed by atoms with Gasteiger partial charge >= 0.3 is 0 Å². The molecule has 1 saturated heterocycles. The van der Waals surface area contributed by atoms with Crippen LogP contribution in [0.3, 0.4) is 0 Å². The van der Waals surface area contributed by atoms with Gasteiger partial charge in [-0.25, -0.2) is 22.8 Å². The monoisotopic (exact) mass is 523 g/mol. The van der Waals surface area contributed by atoms with Crippen molar-refractivity contribution < 1.29 is 22.1 Å². The highest BCUT2D eigenvalue weighted by molar-refractivity contribution is 7.92. The summed E-state index contributed by atoms with van der Waals surface area (Å²) < 4.78 is 51.1. The summed E-state index contributed by atoms with van der Waals surface area (Å²) >= 11 is 0. The number of aromatic nitrogens is 3. The third kappa shape index (κ3) is 4.85. The lowest BCUT2D eigenvalue weighted by molar-refractivity contribution is 0.198. The van der Waals surface area contributed by atoms with E-state index in [4.69, 9.17) is 20.7 Å². The van der Waals surface area contributed by atoms with Crippen molar-refractivity contribution in [3.05, 3.63) is 66.1 Å². The topological polar surface area (TPSA) is 147 Å². The average molecular weight is 524 g/mol. The van der Waals surface area contributed by atoms with Crippen LogP contribution in [-0.4, -0.2) is 42.0 Å². The molecule has 0 amide bonds. The number of benzene rings is 2. The molecular formula is C26H26FN5O4S. The first-order valence-electron chi connectivity index (χ1n) is 11.8. The summed E-state index contributed by atoms with van der Waals surface area (Å²) in [7, 11) is -3.47. The van der Waals surface area contributed by atoms with Gasteiger partial charge in [0.25, 0.3) is 0 Å². The molecule has 192 valence electrons. The third-order valence-corrected chi connectivity index (χ3v) is 8.67. The van der Waals surface area contributed by atoms with Crippen molar-refractivity contribution in [2.75, 3.05) is 18.9 Å². The van der Waals surface area contributed by atoms with E-state index >= 15 is 0 Å². The molecule has 2 aromatic heterocycles. The van der Waals surface area contributed by atoms with Crippen LogP contribution in [0.25, 0.3) is 34.0 Å². The van der Waals surface area contributed by atoms with Gasteiger partial charge in [-0.1, -0.05) is 30.3 Å². The van der Waals surface area contributed by atoms with E-state index in [-0.39, 0.29) is 46.1 Å². The van der Waals surface area contributed by atoms with Gasteiger partial charge in [0, 0.05) is 29.8 Å². The number of nitrogens with two attached hydrogens (primary N) is 2. The molecule has 0 bridgehead atoms. The second-order valence-corrected chi connectivity index (χ2v) is 11.1. The van der Waals surface area contributed by atoms with E-state index in [0.29, 0.717) is 36.3 Å². The van der Waals surface area contributed by atoms with Crippen molar-refractivity contribution in [2.24, 2.45) is 5.73 Å². The number of hydrogen-bond donors (Lipinski definition) is 2. The molecule has 37 heavy (non-hydrogen) atoms. The molecule has 1 fully saturated rings. The Morgan fingerprint density at radius 1 is 1.14 bits per heavy atom. The summed E-state index contributed by atoms with van der Waals surface area (Å²) in [4.78, 5) is 8.99. The number of nitrogen functional groups attached to an aromatic ring is 1. The van der Waals surface area contributed by atoms with E-state index in [0.717, 1.165) is 0 Å². The Labute approximate surface area is 213 Å². The fourth-order valence-corrected chi connectivity index (χ4v) is 5.79. The molecule has 3 heterocycles. The number of rotatable bonds is 7. The Kier molecular flexibility index (Phi) is 6.76. The van der Waals surface area contributed by atoms with E-state index in [1.165, 1.54) is 12.3 Å². The Hall–Kier alpha value is -3.67. The minimum Gasteiger partial charge on any atom is -0.382 e. The summed E-state index contributed by atoms with van der Waals surface area (Å²) in [5.74, 6) is -0.138. The third-order valence-electron chi connectivity index (χ3n) is 6.49. The molecule has 5 rings (SSSR count). The van der Waals surface area contributed by atoms with Crippen molar-refractivity contribution in [1.29, 1.82) is 0 Å². The number of nitrogens with zero attached hydrogens (tertiary/aromatic N) is 3. The largest absolute Gasteiger partial charge is 0.382 e. The minimum absolute atomic E-state index is 0.108. The lowest BCUT2D eigenvalue weighted by Crippen LogP contribution is -2.21. The zero-order valence-electron chi connectivity index (χ0n) is 20.1. The second kappa shape index (κ2) is 10.0. The maximum atomic E-state index is 14.8. The van der Waals surface area contributed by atoms with E-state index in [9.17, 15) is 12.8 Å². The Morgan fingerprint density at radius 2 is 1.92 bits per heavy atom. The van der Waals surface area contributed by atoms with Gasteiger partial charge in [-0.05, 0) is 42.7 Å². The van der Waals surface area contributed by atoms with Crippen molar-refractivity contribution >= 4 is 15.7 Å². The molecule has 2 unspecified atom stereocenters. The Balaban J connectivity index is 1.42. The first-order chi connectivity index (χ1) is 17.8. The second-order valence-electron chi connectivity index (χ2n) is 8.87. The number of ether oxygens (including phenoxy) is 1. The predicted molar refractivity (Wildman–Crippen MR) is 136 cm³/mol. The van der Waals surface area contributed by atoms with Crippen LogP contribution < -0.4 is 11.5 Å². The lowest BCUT2D eigenvalue weighted by Gasteiger charge is -2.10. The zero-order chi connectivity index (χ0) is 26.2. The van der Waals surface area contributed by atoms with Crippen LogP contribution in [-0.2, 0) is 14.6 Å². The molecule has 0 radical (unpaired) electrons. The highest BCUT2D eigenvalue weighted by Gasteiger charge is 2.31. The van der Waals surface area contributed by atoms with Gasteiger partial charge in [0.2, 0.25) is 0 Å². The van der Waals surface area contributed by atoms with Crippen LogP contribution in [0.2, 0.25) is 0 Å². The van der Waals surface area contributed by atoms with Crippen LogP contribution in [0.4, 0.5) is 10.2 Å². The van der Waals surface area contributed by atoms with Crippen molar-refractivity contribution in [3.8, 4) is 34.0 Å². The van der Waals surface area contributed by atoms with Gasteiger partial charge < -0.3 is 20.7 Å². The summed E-state index contributed by atoms with van der Waals surface area (Å²) in [6, 6.07) is 12.5. The predicted octanol–water partition coefficient (Wildman–Crippen LogP) is 4.16. The molecule has 4 N–H and O–H groups in total. The summed E-state index contributed by atoms with van der Waals surface area (Å²) in [5.41, 5.74) is 14.6. The van der Waals surface area contributed by atoms with Crippen LogP contribution in [0.1, 0.15) is 31.4 Å². The van der Waals surface area contributed by atoms with Crippen LogP contribution in [0.5, 0.6) is 0 Å². The van der Waals surface area contributed by atoms with Crippen LogP contribution in [0.15, 0.2) is 64.1 Å². The van der Waals surface area contributed by atoms with Gasteiger partial charge in [0.1, 0.15) is 11.5 Å². The molecule has 0 spiro atoms. The van der Waals surface area contributed by atoms with Crippen LogP contribution in [0, 0.1) is 5.82 Å². The molecule has 4 aromatic rings. The highest BCUT2D eigenvalue weighted by atomic mass is 32.2. The summed E-state index contributed by atoms with van der Waals surface area (Å²) in [5, 5.41) is 3.46. The van der Waals surface area contributed by atoms with Crippen molar-refractivity contribution in [1.82, 2.24) is 15.1 Å². The fourth-order valence-electron chi connectivity index (χ4n) is 4.20. The average Bonchev–Trinajstić information content (AvgIpc) is 3.62. The molecule has 1 aliphatic heterocycles. The summed E-state index contributed by atoms with van der Waals surface area (Å²) in [6.45, 7) is 2.58. The smallest absolute Gasteiger partial charge is 0.189 e. The molecule has 0 saturated carbocycles. The molecular weight excluding hydrogens is 497 g/mol. The molecule has 2 aromatic carbocycles. The molecule has 11 heteroatoms. The van der Waals surface area contributed by atoms with Crippen molar-refractivity contribution in [3.63, 3.8) is 0 Å². The van der Waals surface area contributed by atoms with Crippen LogP contribution >= 0.6 is 0 Å². The van der Waals surface area contributed by atoms with E-state index < -0.39 is 20.9 Å². The number of hydrogen-bond acceptors (Lipinski definition) is 9. The van der Waals surface area contributed by atoms with Gasteiger partial charge in [-0.15, -0.1) is 0 Å². The SMILES string of the molecule is CCC(N)c1ccc(-c2cc(-c3nc(-c4ccc(S(=O)(=O)C5CCOC5)cc4)cnc3N)on2)c(F)c1. The Bertz CT molecular complexity index is 1530. The molecule has 9 nitrogen and oxygen atoms in total.